The van der Waals surface area contributed by atoms with Crippen molar-refractivity contribution in [2.45, 2.75) is 12.8 Å². The van der Waals surface area contributed by atoms with Crippen molar-refractivity contribution in [3.8, 4) is 0 Å². The highest BCUT2D eigenvalue weighted by atomic mass is 79.9. The highest BCUT2D eigenvalue weighted by Gasteiger charge is 1.93. The molecule has 1 aromatic carbocycles. The Hall–Kier alpha value is -1.16. The van der Waals surface area contributed by atoms with Gasteiger partial charge in [0.25, 0.3) is 0 Å². The summed E-state index contributed by atoms with van der Waals surface area (Å²) in [5.74, 6) is 0. The normalized spacial score (nSPS) is 10.6. The molecule has 0 saturated heterocycles. The fourth-order valence-electron chi connectivity index (χ4n) is 1.10. The molecule has 0 atom stereocenters. The first-order valence-electron chi connectivity index (χ1n) is 4.23. The molecule has 14 heavy (non-hydrogen) atoms. The molecule has 0 aliphatic carbocycles. The van der Waals surface area contributed by atoms with E-state index in [1.807, 2.05) is 24.3 Å². The Morgan fingerprint density at radius 2 is 2.29 bits per heavy atom. The van der Waals surface area contributed by atoms with Gasteiger partial charge in [-0.2, -0.15) is 0 Å². The predicted octanol–water partition coefficient (Wildman–Crippen LogP) is 3.17. The molecule has 3 nitrogen and oxygen atoms in total. The van der Waals surface area contributed by atoms with E-state index in [4.69, 9.17) is 0 Å². The lowest BCUT2D eigenvalue weighted by Crippen LogP contribution is -1.85. The average molecular weight is 256 g/mol. The number of aryl methyl sites for hydroxylation is 1. The lowest BCUT2D eigenvalue weighted by molar-refractivity contribution is -0.402. The van der Waals surface area contributed by atoms with Crippen LogP contribution < -0.4 is 0 Å². The van der Waals surface area contributed by atoms with Crippen LogP contribution in [0.1, 0.15) is 12.0 Å². The second-order valence-electron chi connectivity index (χ2n) is 2.84. The first-order chi connectivity index (χ1) is 6.68. The highest BCUT2D eigenvalue weighted by molar-refractivity contribution is 9.10. The number of rotatable bonds is 4. The lowest BCUT2D eigenvalue weighted by atomic mass is 10.1. The van der Waals surface area contributed by atoms with Crippen molar-refractivity contribution in [3.05, 3.63) is 56.7 Å². The fourth-order valence-corrected chi connectivity index (χ4v) is 1.55. The molecule has 1 rings (SSSR count). The molecule has 4 heteroatoms. The van der Waals surface area contributed by atoms with Crippen LogP contribution in [0.3, 0.4) is 0 Å². The molecule has 0 spiro atoms. The van der Waals surface area contributed by atoms with Crippen molar-refractivity contribution in [1.29, 1.82) is 0 Å². The topological polar surface area (TPSA) is 43.1 Å². The highest BCUT2D eigenvalue weighted by Crippen LogP contribution is 2.12. The second kappa shape index (κ2) is 5.54. The molecule has 0 aromatic heterocycles. The Kier molecular flexibility index (Phi) is 4.32. The van der Waals surface area contributed by atoms with Crippen molar-refractivity contribution in [2.75, 3.05) is 0 Å². The van der Waals surface area contributed by atoms with Crippen molar-refractivity contribution < 1.29 is 4.92 Å². The first-order valence-corrected chi connectivity index (χ1v) is 5.02. The Bertz CT molecular complexity index is 350. The molecule has 0 unspecified atom stereocenters. The maximum absolute atomic E-state index is 9.98. The van der Waals surface area contributed by atoms with E-state index < -0.39 is 4.92 Å². The van der Waals surface area contributed by atoms with E-state index in [-0.39, 0.29) is 0 Å². The monoisotopic (exact) mass is 255 g/mol. The third-order valence-electron chi connectivity index (χ3n) is 1.72. The van der Waals surface area contributed by atoms with Gasteiger partial charge in [0, 0.05) is 4.47 Å². The summed E-state index contributed by atoms with van der Waals surface area (Å²) in [6, 6.07) is 7.93. The summed E-state index contributed by atoms with van der Waals surface area (Å²) in [6.07, 6.45) is 4.07. The number of nitro groups is 1. The van der Waals surface area contributed by atoms with E-state index in [0.717, 1.165) is 17.1 Å². The van der Waals surface area contributed by atoms with E-state index in [1.54, 1.807) is 6.08 Å². The Labute approximate surface area is 90.7 Å². The number of allylic oxidation sites excluding steroid dienone is 1. The summed E-state index contributed by atoms with van der Waals surface area (Å²) < 4.78 is 1.04. The predicted molar refractivity (Wildman–Crippen MR) is 58.6 cm³/mol. The lowest BCUT2D eigenvalue weighted by Gasteiger charge is -1.97. The van der Waals surface area contributed by atoms with E-state index in [2.05, 4.69) is 15.9 Å². The SMILES string of the molecule is O=[N+]([O-])/C=C/CCc1cccc(Br)c1. The third kappa shape index (κ3) is 4.18. The van der Waals surface area contributed by atoms with Gasteiger partial charge >= 0.3 is 0 Å². The number of nitrogens with zero attached hydrogens (tertiary/aromatic N) is 1. The van der Waals surface area contributed by atoms with Crippen LogP contribution in [-0.2, 0) is 6.42 Å². The Morgan fingerprint density at radius 3 is 2.93 bits per heavy atom. The van der Waals surface area contributed by atoms with Gasteiger partial charge < -0.3 is 0 Å². The van der Waals surface area contributed by atoms with Gasteiger partial charge in [0.2, 0.25) is 6.20 Å². The number of benzene rings is 1. The molecule has 0 amide bonds. The Balaban J connectivity index is 2.42. The maximum atomic E-state index is 9.98. The zero-order chi connectivity index (χ0) is 10.4. The van der Waals surface area contributed by atoms with Gasteiger partial charge in [-0.1, -0.05) is 28.1 Å². The van der Waals surface area contributed by atoms with Crippen molar-refractivity contribution in [3.63, 3.8) is 0 Å². The van der Waals surface area contributed by atoms with E-state index in [0.29, 0.717) is 6.42 Å². The van der Waals surface area contributed by atoms with Crippen LogP contribution in [0.4, 0.5) is 0 Å². The molecule has 0 fully saturated rings. The molecular weight excluding hydrogens is 246 g/mol. The summed E-state index contributed by atoms with van der Waals surface area (Å²) in [5, 5.41) is 9.98. The van der Waals surface area contributed by atoms with Crippen LogP contribution >= 0.6 is 15.9 Å². The van der Waals surface area contributed by atoms with Crippen LogP contribution in [0, 0.1) is 10.1 Å². The van der Waals surface area contributed by atoms with Crippen LogP contribution in [-0.4, -0.2) is 4.92 Å². The molecule has 74 valence electrons. The van der Waals surface area contributed by atoms with Crippen LogP contribution in [0.2, 0.25) is 0 Å². The smallest absolute Gasteiger partial charge is 0.230 e. The Morgan fingerprint density at radius 1 is 1.50 bits per heavy atom. The second-order valence-corrected chi connectivity index (χ2v) is 3.75. The van der Waals surface area contributed by atoms with Gasteiger partial charge in [0.15, 0.2) is 0 Å². The van der Waals surface area contributed by atoms with Gasteiger partial charge in [0.1, 0.15) is 0 Å². The standard InChI is InChI=1S/C10H10BrNO2/c11-10-6-3-5-9(8-10)4-1-2-7-12(13)14/h2-3,5-8H,1,4H2/b7-2+. The molecule has 0 heterocycles. The van der Waals surface area contributed by atoms with E-state index in [1.165, 1.54) is 5.56 Å². The largest absolute Gasteiger partial charge is 0.259 e. The summed E-state index contributed by atoms with van der Waals surface area (Å²) in [6.45, 7) is 0. The van der Waals surface area contributed by atoms with E-state index >= 15 is 0 Å². The molecule has 1 aromatic rings. The number of hydrogen-bond acceptors (Lipinski definition) is 2. The minimum Gasteiger partial charge on any atom is -0.259 e. The summed E-state index contributed by atoms with van der Waals surface area (Å²) in [5.41, 5.74) is 1.17. The van der Waals surface area contributed by atoms with Gasteiger partial charge in [-0.3, -0.25) is 10.1 Å². The quantitative estimate of drug-likeness (QED) is 0.613. The minimum atomic E-state index is -0.444. The number of hydrogen-bond donors (Lipinski definition) is 0. The molecule has 0 saturated carbocycles. The zero-order valence-electron chi connectivity index (χ0n) is 7.52. The first kappa shape index (κ1) is 10.9. The zero-order valence-corrected chi connectivity index (χ0v) is 9.11. The van der Waals surface area contributed by atoms with Crippen molar-refractivity contribution >= 4 is 15.9 Å². The van der Waals surface area contributed by atoms with Crippen molar-refractivity contribution in [1.82, 2.24) is 0 Å². The third-order valence-corrected chi connectivity index (χ3v) is 2.21. The van der Waals surface area contributed by atoms with E-state index in [9.17, 15) is 10.1 Å². The van der Waals surface area contributed by atoms with Crippen molar-refractivity contribution in [2.24, 2.45) is 0 Å². The van der Waals surface area contributed by atoms with Crippen LogP contribution in [0.15, 0.2) is 41.0 Å². The molecule has 0 N–H and O–H groups in total. The van der Waals surface area contributed by atoms with Crippen LogP contribution in [0.25, 0.3) is 0 Å². The van der Waals surface area contributed by atoms with Gasteiger partial charge in [0.05, 0.1) is 4.92 Å². The molecule has 0 bridgehead atoms. The summed E-state index contributed by atoms with van der Waals surface area (Å²) in [7, 11) is 0. The summed E-state index contributed by atoms with van der Waals surface area (Å²) >= 11 is 3.37. The van der Waals surface area contributed by atoms with Crippen LogP contribution in [0.5, 0.6) is 0 Å². The maximum Gasteiger partial charge on any atom is 0.230 e. The fraction of sp³-hybridized carbons (Fsp3) is 0.200. The van der Waals surface area contributed by atoms with Gasteiger partial charge in [-0.05, 0) is 36.6 Å². The molecule has 0 radical (unpaired) electrons. The summed E-state index contributed by atoms with van der Waals surface area (Å²) in [4.78, 5) is 9.53. The molecular formula is C10H10BrNO2. The molecule has 0 aliphatic heterocycles. The average Bonchev–Trinajstić information content (AvgIpc) is 2.12. The van der Waals surface area contributed by atoms with Gasteiger partial charge in [-0.25, -0.2) is 0 Å². The number of halogens is 1. The molecule has 0 aliphatic rings. The van der Waals surface area contributed by atoms with Gasteiger partial charge in [-0.15, -0.1) is 0 Å². The minimum absolute atomic E-state index is 0.444.